The van der Waals surface area contributed by atoms with Gasteiger partial charge >= 0.3 is 0 Å². The Labute approximate surface area is 76.4 Å². The summed E-state index contributed by atoms with van der Waals surface area (Å²) < 4.78 is 0. The van der Waals surface area contributed by atoms with Crippen LogP contribution in [0.15, 0.2) is 24.5 Å². The average molecular weight is 175 g/mol. The molecule has 1 aromatic heterocycles. The van der Waals surface area contributed by atoms with Crippen molar-refractivity contribution in [3.05, 3.63) is 30.1 Å². The van der Waals surface area contributed by atoms with Crippen LogP contribution in [0.25, 0.3) is 0 Å². The van der Waals surface area contributed by atoms with Crippen molar-refractivity contribution < 1.29 is 4.79 Å². The third-order valence-electron chi connectivity index (χ3n) is 1.56. The van der Waals surface area contributed by atoms with Crippen molar-refractivity contribution in [2.75, 3.05) is 13.6 Å². The SMILES string of the molecule is CN(CC#N)C(=O)c1cccnc1. The zero-order valence-electron chi connectivity index (χ0n) is 7.27. The van der Waals surface area contributed by atoms with Crippen LogP contribution >= 0.6 is 0 Å². The monoisotopic (exact) mass is 175 g/mol. The van der Waals surface area contributed by atoms with Crippen molar-refractivity contribution in [1.29, 1.82) is 5.26 Å². The highest BCUT2D eigenvalue weighted by Gasteiger charge is 2.09. The van der Waals surface area contributed by atoms with Gasteiger partial charge in [-0.05, 0) is 12.1 Å². The van der Waals surface area contributed by atoms with E-state index < -0.39 is 0 Å². The lowest BCUT2D eigenvalue weighted by Gasteiger charge is -2.11. The first-order valence-electron chi connectivity index (χ1n) is 3.78. The van der Waals surface area contributed by atoms with Crippen LogP contribution in [-0.2, 0) is 0 Å². The summed E-state index contributed by atoms with van der Waals surface area (Å²) in [6, 6.07) is 5.26. The van der Waals surface area contributed by atoms with Gasteiger partial charge in [-0.25, -0.2) is 0 Å². The fourth-order valence-electron chi connectivity index (χ4n) is 0.888. The summed E-state index contributed by atoms with van der Waals surface area (Å²) in [7, 11) is 1.58. The minimum absolute atomic E-state index is 0.0910. The minimum Gasteiger partial charge on any atom is -0.328 e. The number of hydrogen-bond acceptors (Lipinski definition) is 3. The molecule has 0 bridgehead atoms. The van der Waals surface area contributed by atoms with Crippen molar-refractivity contribution in [2.24, 2.45) is 0 Å². The number of aromatic nitrogens is 1. The molecule has 1 amide bonds. The van der Waals surface area contributed by atoms with Gasteiger partial charge in [0.25, 0.3) is 5.91 Å². The molecule has 1 rings (SSSR count). The van der Waals surface area contributed by atoms with Crippen LogP contribution in [0.3, 0.4) is 0 Å². The van der Waals surface area contributed by atoms with Crippen molar-refractivity contribution in [3.63, 3.8) is 0 Å². The van der Waals surface area contributed by atoms with Crippen LogP contribution < -0.4 is 0 Å². The zero-order valence-corrected chi connectivity index (χ0v) is 7.27. The summed E-state index contributed by atoms with van der Waals surface area (Å²) in [5.41, 5.74) is 0.500. The lowest BCUT2D eigenvalue weighted by atomic mass is 10.2. The van der Waals surface area contributed by atoms with E-state index in [1.807, 2.05) is 6.07 Å². The van der Waals surface area contributed by atoms with Crippen molar-refractivity contribution in [2.45, 2.75) is 0 Å². The van der Waals surface area contributed by atoms with E-state index in [1.54, 1.807) is 25.4 Å². The number of pyridine rings is 1. The molecule has 0 saturated heterocycles. The first-order chi connectivity index (χ1) is 6.25. The highest BCUT2D eigenvalue weighted by Crippen LogP contribution is 1.99. The van der Waals surface area contributed by atoms with Gasteiger partial charge in [-0.1, -0.05) is 0 Å². The van der Waals surface area contributed by atoms with Gasteiger partial charge in [0.2, 0.25) is 0 Å². The minimum atomic E-state index is -0.186. The van der Waals surface area contributed by atoms with Crippen molar-refractivity contribution in [3.8, 4) is 6.07 Å². The summed E-state index contributed by atoms with van der Waals surface area (Å²) in [6.45, 7) is 0.0910. The van der Waals surface area contributed by atoms with Crippen LogP contribution in [0.1, 0.15) is 10.4 Å². The molecule has 13 heavy (non-hydrogen) atoms. The molecule has 0 N–H and O–H groups in total. The fraction of sp³-hybridized carbons (Fsp3) is 0.222. The van der Waals surface area contributed by atoms with E-state index in [1.165, 1.54) is 11.1 Å². The summed E-state index contributed by atoms with van der Waals surface area (Å²) in [6.07, 6.45) is 3.08. The Morgan fingerprint density at radius 1 is 1.77 bits per heavy atom. The summed E-state index contributed by atoms with van der Waals surface area (Å²) in [5, 5.41) is 8.37. The van der Waals surface area contributed by atoms with Gasteiger partial charge in [0, 0.05) is 19.4 Å². The molecule has 4 heteroatoms. The highest BCUT2D eigenvalue weighted by atomic mass is 16.2. The van der Waals surface area contributed by atoms with Gasteiger partial charge in [0.05, 0.1) is 11.6 Å². The van der Waals surface area contributed by atoms with E-state index in [2.05, 4.69) is 4.98 Å². The van der Waals surface area contributed by atoms with E-state index in [0.717, 1.165) is 0 Å². The smallest absolute Gasteiger partial charge is 0.256 e. The Morgan fingerprint density at radius 3 is 3.08 bits per heavy atom. The predicted molar refractivity (Wildman–Crippen MR) is 46.8 cm³/mol. The second-order valence-corrected chi connectivity index (χ2v) is 2.56. The highest BCUT2D eigenvalue weighted by molar-refractivity contribution is 5.93. The molecule has 0 fully saturated rings. The number of hydrogen-bond donors (Lipinski definition) is 0. The van der Waals surface area contributed by atoms with Gasteiger partial charge < -0.3 is 4.90 Å². The maximum Gasteiger partial charge on any atom is 0.256 e. The lowest BCUT2D eigenvalue weighted by molar-refractivity contribution is 0.0811. The van der Waals surface area contributed by atoms with Crippen molar-refractivity contribution >= 4 is 5.91 Å². The largest absolute Gasteiger partial charge is 0.328 e. The van der Waals surface area contributed by atoms with E-state index in [-0.39, 0.29) is 12.5 Å². The molecule has 0 aliphatic heterocycles. The molecule has 0 radical (unpaired) electrons. The Morgan fingerprint density at radius 2 is 2.54 bits per heavy atom. The predicted octanol–water partition coefficient (Wildman–Crippen LogP) is 0.677. The molecule has 0 aromatic carbocycles. The Kier molecular flexibility index (Phi) is 2.98. The first-order valence-corrected chi connectivity index (χ1v) is 3.78. The van der Waals surface area contributed by atoms with Crippen LogP contribution in [0.2, 0.25) is 0 Å². The Balaban J connectivity index is 2.75. The van der Waals surface area contributed by atoms with Crippen LogP contribution in [-0.4, -0.2) is 29.4 Å². The number of carbonyl (C=O) groups excluding carboxylic acids is 1. The number of carbonyl (C=O) groups is 1. The van der Waals surface area contributed by atoms with Crippen LogP contribution in [0.4, 0.5) is 0 Å². The van der Waals surface area contributed by atoms with E-state index >= 15 is 0 Å². The third kappa shape index (κ3) is 2.27. The molecule has 0 aliphatic rings. The number of amides is 1. The second kappa shape index (κ2) is 4.21. The molecule has 0 aliphatic carbocycles. The van der Waals surface area contributed by atoms with Gasteiger partial charge in [-0.3, -0.25) is 9.78 Å². The lowest BCUT2D eigenvalue weighted by Crippen LogP contribution is -2.26. The molecule has 0 atom stereocenters. The molecule has 1 heterocycles. The van der Waals surface area contributed by atoms with Gasteiger partial charge in [0.1, 0.15) is 6.54 Å². The molecule has 4 nitrogen and oxygen atoms in total. The van der Waals surface area contributed by atoms with E-state index in [9.17, 15) is 4.79 Å². The number of rotatable bonds is 2. The fourth-order valence-corrected chi connectivity index (χ4v) is 0.888. The number of nitriles is 1. The molecule has 1 aromatic rings. The Bertz CT molecular complexity index is 328. The van der Waals surface area contributed by atoms with Gasteiger partial charge in [0.15, 0.2) is 0 Å². The average Bonchev–Trinajstić information content (AvgIpc) is 2.18. The summed E-state index contributed by atoms with van der Waals surface area (Å²) in [4.78, 5) is 16.6. The molecule has 0 saturated carbocycles. The van der Waals surface area contributed by atoms with Gasteiger partial charge in [-0.15, -0.1) is 0 Å². The maximum absolute atomic E-state index is 11.5. The maximum atomic E-state index is 11.5. The van der Waals surface area contributed by atoms with Crippen LogP contribution in [0.5, 0.6) is 0 Å². The zero-order chi connectivity index (χ0) is 9.68. The normalized spacial score (nSPS) is 8.92. The number of nitrogens with zero attached hydrogens (tertiary/aromatic N) is 3. The molecule has 0 spiro atoms. The molecule has 0 unspecified atom stereocenters. The third-order valence-corrected chi connectivity index (χ3v) is 1.56. The topological polar surface area (TPSA) is 57.0 Å². The molecule has 66 valence electrons. The van der Waals surface area contributed by atoms with Crippen LogP contribution in [0, 0.1) is 11.3 Å². The van der Waals surface area contributed by atoms with E-state index in [4.69, 9.17) is 5.26 Å². The quantitative estimate of drug-likeness (QED) is 0.621. The van der Waals surface area contributed by atoms with Crippen molar-refractivity contribution in [1.82, 2.24) is 9.88 Å². The molecular weight excluding hydrogens is 166 g/mol. The standard InChI is InChI=1S/C9H9N3O/c1-12(6-4-10)9(13)8-3-2-5-11-7-8/h2-3,5,7H,6H2,1H3. The first kappa shape index (κ1) is 9.20. The molecular formula is C9H9N3O. The second-order valence-electron chi connectivity index (χ2n) is 2.56. The van der Waals surface area contributed by atoms with Gasteiger partial charge in [-0.2, -0.15) is 5.26 Å². The Hall–Kier alpha value is -1.89. The summed E-state index contributed by atoms with van der Waals surface area (Å²) >= 11 is 0. The summed E-state index contributed by atoms with van der Waals surface area (Å²) in [5.74, 6) is -0.186. The van der Waals surface area contributed by atoms with E-state index in [0.29, 0.717) is 5.56 Å².